The second-order valence-electron chi connectivity index (χ2n) is 5.70. The third-order valence-corrected chi connectivity index (χ3v) is 3.93. The van der Waals surface area contributed by atoms with Crippen LogP contribution in [0.1, 0.15) is 84.0 Å². The van der Waals surface area contributed by atoms with Gasteiger partial charge in [0.15, 0.2) is 0 Å². The van der Waals surface area contributed by atoms with Crippen LogP contribution in [0, 0.1) is 0 Å². The highest BCUT2D eigenvalue weighted by Crippen LogP contribution is 2.31. The van der Waals surface area contributed by atoms with Gasteiger partial charge in [-0.05, 0) is 19.3 Å². The van der Waals surface area contributed by atoms with Gasteiger partial charge in [-0.2, -0.15) is 0 Å². The average Bonchev–Trinajstić information content (AvgIpc) is 3.12. The lowest BCUT2D eigenvalue weighted by Crippen LogP contribution is -1.94. The maximum atomic E-state index is 8.66. The Morgan fingerprint density at radius 1 is 0.722 bits per heavy atom. The van der Waals surface area contributed by atoms with Gasteiger partial charge in [-0.1, -0.05) is 64.7 Å². The summed E-state index contributed by atoms with van der Waals surface area (Å²) in [6.45, 7) is 2.62. The Kier molecular flexibility index (Phi) is 9.59. The number of aliphatic hydroxyl groups excluding tert-OH is 1. The SMILES string of the molecule is CCCCCC1OC1CCCCCCCCCO. The van der Waals surface area contributed by atoms with E-state index in [0.717, 1.165) is 6.42 Å². The molecule has 108 valence electrons. The van der Waals surface area contributed by atoms with Crippen LogP contribution < -0.4 is 0 Å². The molecule has 0 aliphatic carbocycles. The molecule has 0 bridgehead atoms. The second kappa shape index (κ2) is 10.8. The van der Waals surface area contributed by atoms with Crippen LogP contribution in [0.5, 0.6) is 0 Å². The normalized spacial score (nSPS) is 22.3. The molecule has 18 heavy (non-hydrogen) atoms. The molecule has 0 amide bonds. The molecule has 0 saturated carbocycles. The number of ether oxygens (including phenoxy) is 1. The molecule has 0 aromatic rings. The van der Waals surface area contributed by atoms with Crippen molar-refractivity contribution in [3.05, 3.63) is 0 Å². The Bertz CT molecular complexity index is 182. The summed E-state index contributed by atoms with van der Waals surface area (Å²) in [5, 5.41) is 8.66. The van der Waals surface area contributed by atoms with Crippen LogP contribution in [-0.2, 0) is 4.74 Å². The fraction of sp³-hybridized carbons (Fsp3) is 1.00. The Labute approximate surface area is 113 Å². The van der Waals surface area contributed by atoms with Crippen LogP contribution in [0.25, 0.3) is 0 Å². The zero-order valence-electron chi connectivity index (χ0n) is 12.2. The first-order valence-electron chi connectivity index (χ1n) is 8.14. The molecule has 1 aliphatic rings. The average molecular weight is 256 g/mol. The minimum Gasteiger partial charge on any atom is -0.396 e. The van der Waals surface area contributed by atoms with Gasteiger partial charge < -0.3 is 9.84 Å². The van der Waals surface area contributed by atoms with E-state index in [4.69, 9.17) is 9.84 Å². The lowest BCUT2D eigenvalue weighted by molar-refractivity contribution is 0.282. The van der Waals surface area contributed by atoms with Crippen LogP contribution in [0.4, 0.5) is 0 Å². The topological polar surface area (TPSA) is 32.8 Å². The first-order chi connectivity index (χ1) is 8.88. The molecule has 1 saturated heterocycles. The van der Waals surface area contributed by atoms with E-state index in [-0.39, 0.29) is 0 Å². The van der Waals surface area contributed by atoms with Crippen LogP contribution >= 0.6 is 0 Å². The Hall–Kier alpha value is -0.0800. The van der Waals surface area contributed by atoms with E-state index in [0.29, 0.717) is 18.8 Å². The van der Waals surface area contributed by atoms with Gasteiger partial charge in [0.25, 0.3) is 0 Å². The first kappa shape index (κ1) is 16.0. The lowest BCUT2D eigenvalue weighted by Gasteiger charge is -2.00. The van der Waals surface area contributed by atoms with E-state index < -0.39 is 0 Å². The van der Waals surface area contributed by atoms with Gasteiger partial charge in [0.2, 0.25) is 0 Å². The van der Waals surface area contributed by atoms with Crippen molar-refractivity contribution < 1.29 is 9.84 Å². The number of rotatable bonds is 13. The quantitative estimate of drug-likeness (QED) is 0.390. The minimum absolute atomic E-state index is 0.360. The fourth-order valence-electron chi connectivity index (χ4n) is 2.62. The Morgan fingerprint density at radius 3 is 1.78 bits per heavy atom. The van der Waals surface area contributed by atoms with Crippen LogP contribution in [0.2, 0.25) is 0 Å². The van der Waals surface area contributed by atoms with Crippen molar-refractivity contribution in [1.29, 1.82) is 0 Å². The summed E-state index contributed by atoms with van der Waals surface area (Å²) in [4.78, 5) is 0. The van der Waals surface area contributed by atoms with E-state index >= 15 is 0 Å². The summed E-state index contributed by atoms with van der Waals surface area (Å²) in [6, 6.07) is 0. The summed E-state index contributed by atoms with van der Waals surface area (Å²) < 4.78 is 5.70. The van der Waals surface area contributed by atoms with E-state index in [1.54, 1.807) is 0 Å². The van der Waals surface area contributed by atoms with E-state index in [9.17, 15) is 0 Å². The molecule has 0 aromatic heterocycles. The molecular formula is C16H32O2. The molecule has 1 rings (SSSR count). The number of unbranched alkanes of at least 4 members (excludes halogenated alkanes) is 8. The fourth-order valence-corrected chi connectivity index (χ4v) is 2.62. The van der Waals surface area contributed by atoms with Gasteiger partial charge in [-0.15, -0.1) is 0 Å². The van der Waals surface area contributed by atoms with Gasteiger partial charge in [0, 0.05) is 6.61 Å². The van der Waals surface area contributed by atoms with Gasteiger partial charge in [-0.25, -0.2) is 0 Å². The molecule has 0 radical (unpaired) electrons. The Balaban J connectivity index is 1.74. The summed E-state index contributed by atoms with van der Waals surface area (Å²) in [5.74, 6) is 0. The molecule has 2 unspecified atom stereocenters. The molecule has 2 nitrogen and oxygen atoms in total. The molecule has 1 fully saturated rings. The van der Waals surface area contributed by atoms with Crippen LogP contribution in [0.15, 0.2) is 0 Å². The van der Waals surface area contributed by atoms with Gasteiger partial charge >= 0.3 is 0 Å². The molecule has 1 heterocycles. The lowest BCUT2D eigenvalue weighted by atomic mass is 10.0. The molecule has 1 N–H and O–H groups in total. The number of hydrogen-bond acceptors (Lipinski definition) is 2. The van der Waals surface area contributed by atoms with Crippen molar-refractivity contribution in [3.8, 4) is 0 Å². The third-order valence-electron chi connectivity index (χ3n) is 3.93. The maximum absolute atomic E-state index is 8.66. The molecule has 0 spiro atoms. The van der Waals surface area contributed by atoms with Gasteiger partial charge in [0.05, 0.1) is 12.2 Å². The zero-order valence-corrected chi connectivity index (χ0v) is 12.2. The van der Waals surface area contributed by atoms with Crippen molar-refractivity contribution in [2.75, 3.05) is 6.61 Å². The number of hydrogen-bond donors (Lipinski definition) is 1. The highest BCUT2D eigenvalue weighted by Gasteiger charge is 2.36. The summed E-state index contributed by atoms with van der Waals surface area (Å²) in [6.07, 6.45) is 16.7. The third kappa shape index (κ3) is 8.10. The van der Waals surface area contributed by atoms with Crippen LogP contribution in [-0.4, -0.2) is 23.9 Å². The number of epoxide rings is 1. The monoisotopic (exact) mass is 256 g/mol. The largest absolute Gasteiger partial charge is 0.396 e. The molecule has 1 aliphatic heterocycles. The number of aliphatic hydroxyl groups is 1. The molecule has 0 aromatic carbocycles. The first-order valence-corrected chi connectivity index (χ1v) is 8.14. The summed E-state index contributed by atoms with van der Waals surface area (Å²) in [5.41, 5.74) is 0. The smallest absolute Gasteiger partial charge is 0.0841 e. The molecule has 2 atom stereocenters. The van der Waals surface area contributed by atoms with Crippen molar-refractivity contribution in [2.24, 2.45) is 0 Å². The predicted molar refractivity (Wildman–Crippen MR) is 76.8 cm³/mol. The highest BCUT2D eigenvalue weighted by atomic mass is 16.6. The van der Waals surface area contributed by atoms with E-state index in [2.05, 4.69) is 6.92 Å². The van der Waals surface area contributed by atoms with Gasteiger partial charge in [0.1, 0.15) is 0 Å². The van der Waals surface area contributed by atoms with Crippen molar-refractivity contribution in [3.63, 3.8) is 0 Å². The molecular weight excluding hydrogens is 224 g/mol. The Morgan fingerprint density at radius 2 is 1.22 bits per heavy atom. The van der Waals surface area contributed by atoms with Crippen molar-refractivity contribution in [1.82, 2.24) is 0 Å². The van der Waals surface area contributed by atoms with E-state index in [1.165, 1.54) is 70.6 Å². The second-order valence-corrected chi connectivity index (χ2v) is 5.70. The summed E-state index contributed by atoms with van der Waals surface area (Å²) in [7, 11) is 0. The van der Waals surface area contributed by atoms with E-state index in [1.807, 2.05) is 0 Å². The minimum atomic E-state index is 0.360. The maximum Gasteiger partial charge on any atom is 0.0841 e. The van der Waals surface area contributed by atoms with Crippen molar-refractivity contribution in [2.45, 2.75) is 96.2 Å². The zero-order chi connectivity index (χ0) is 13.1. The van der Waals surface area contributed by atoms with Crippen molar-refractivity contribution >= 4 is 0 Å². The molecule has 2 heteroatoms. The standard InChI is InChI=1S/C16H32O2/c1-2-3-9-12-15-16(18-15)13-10-7-5-4-6-8-11-14-17/h15-17H,2-14H2,1H3. The van der Waals surface area contributed by atoms with Crippen LogP contribution in [0.3, 0.4) is 0 Å². The predicted octanol–water partition coefficient (Wildman–Crippen LogP) is 4.45. The summed E-state index contributed by atoms with van der Waals surface area (Å²) >= 11 is 0. The highest BCUT2D eigenvalue weighted by molar-refractivity contribution is 4.84. The van der Waals surface area contributed by atoms with Gasteiger partial charge in [-0.3, -0.25) is 0 Å².